The monoisotopic (exact) mass is 250 g/mol. The molecule has 0 spiro atoms. The van der Waals surface area contributed by atoms with Crippen molar-refractivity contribution in [1.29, 1.82) is 0 Å². The molecule has 1 saturated carbocycles. The number of carbonyl (C=O) groups excluding carboxylic acids is 1. The number of methoxy groups -OCH3 is 1. The van der Waals surface area contributed by atoms with Crippen LogP contribution in [0.2, 0.25) is 0 Å². The molecule has 1 fully saturated rings. The Morgan fingerprint density at radius 2 is 2.06 bits per heavy atom. The molecule has 2 unspecified atom stereocenters. The molecule has 3 heteroatoms. The van der Waals surface area contributed by atoms with Crippen molar-refractivity contribution in [2.24, 2.45) is 11.8 Å². The topological polar surface area (TPSA) is 46.5 Å². The second-order valence-corrected chi connectivity index (χ2v) is 5.35. The van der Waals surface area contributed by atoms with Crippen molar-refractivity contribution < 1.29 is 14.6 Å². The summed E-state index contributed by atoms with van der Waals surface area (Å²) < 4.78 is 4.73. The van der Waals surface area contributed by atoms with Gasteiger partial charge in [-0.15, -0.1) is 0 Å². The first-order valence-corrected chi connectivity index (χ1v) is 6.82. The minimum atomic E-state index is -0.872. The number of carbonyl (C=O) groups is 1. The van der Waals surface area contributed by atoms with E-state index in [0.29, 0.717) is 0 Å². The summed E-state index contributed by atoms with van der Waals surface area (Å²) in [5.41, 5.74) is -0.872. The van der Waals surface area contributed by atoms with Gasteiger partial charge in [0.1, 0.15) is 0 Å². The Balaban J connectivity index is 2.13. The Kier molecular flexibility index (Phi) is 4.23. The van der Waals surface area contributed by atoms with E-state index in [0.717, 1.165) is 12.8 Å². The van der Waals surface area contributed by atoms with E-state index in [4.69, 9.17) is 4.74 Å². The highest BCUT2D eigenvalue weighted by Gasteiger charge is 2.42. The van der Waals surface area contributed by atoms with E-state index in [1.165, 1.54) is 26.4 Å². The lowest BCUT2D eigenvalue weighted by Crippen LogP contribution is -2.45. The third-order valence-corrected chi connectivity index (χ3v) is 4.29. The lowest BCUT2D eigenvalue weighted by atomic mass is 9.68. The Labute approximate surface area is 109 Å². The standard InChI is InChI=1S/C15H22O3/c1-18-14(16)11-13-9-5-6-10-15(13,17)12-7-3-2-4-8-12/h5-6,9-10,12-13,17H,2-4,7-8,11H2,1H3. The minimum absolute atomic E-state index is 0.155. The van der Waals surface area contributed by atoms with E-state index in [1.54, 1.807) is 0 Å². The van der Waals surface area contributed by atoms with Crippen molar-refractivity contribution in [2.45, 2.75) is 44.1 Å². The smallest absolute Gasteiger partial charge is 0.306 e. The van der Waals surface area contributed by atoms with Gasteiger partial charge in [-0.2, -0.15) is 0 Å². The molecule has 1 N–H and O–H groups in total. The first-order valence-electron chi connectivity index (χ1n) is 6.82. The third kappa shape index (κ3) is 2.66. The lowest BCUT2D eigenvalue weighted by Gasteiger charge is -2.41. The molecule has 0 amide bonds. The lowest BCUT2D eigenvalue weighted by molar-refractivity contribution is -0.144. The molecule has 0 aromatic heterocycles. The summed E-state index contributed by atoms with van der Waals surface area (Å²) in [7, 11) is 1.39. The number of ether oxygens (including phenoxy) is 1. The first kappa shape index (κ1) is 13.3. The van der Waals surface area contributed by atoms with Crippen molar-refractivity contribution in [1.82, 2.24) is 0 Å². The maximum Gasteiger partial charge on any atom is 0.306 e. The van der Waals surface area contributed by atoms with Crippen molar-refractivity contribution >= 4 is 5.97 Å². The Morgan fingerprint density at radius 3 is 2.72 bits per heavy atom. The van der Waals surface area contributed by atoms with Gasteiger partial charge in [0.25, 0.3) is 0 Å². The average molecular weight is 250 g/mol. The van der Waals surface area contributed by atoms with Gasteiger partial charge in [-0.05, 0) is 18.8 Å². The van der Waals surface area contributed by atoms with Gasteiger partial charge in [-0.25, -0.2) is 0 Å². The second-order valence-electron chi connectivity index (χ2n) is 5.35. The van der Waals surface area contributed by atoms with Gasteiger partial charge in [0.05, 0.1) is 19.1 Å². The van der Waals surface area contributed by atoms with Crippen LogP contribution in [0.3, 0.4) is 0 Å². The number of rotatable bonds is 3. The van der Waals surface area contributed by atoms with Crippen LogP contribution in [0.1, 0.15) is 38.5 Å². The van der Waals surface area contributed by atoms with Gasteiger partial charge in [0.15, 0.2) is 0 Å². The fourth-order valence-corrected chi connectivity index (χ4v) is 3.18. The van der Waals surface area contributed by atoms with E-state index in [9.17, 15) is 9.90 Å². The van der Waals surface area contributed by atoms with Gasteiger partial charge in [0, 0.05) is 5.92 Å². The number of hydrogen-bond acceptors (Lipinski definition) is 3. The van der Waals surface area contributed by atoms with Crippen LogP contribution in [0, 0.1) is 11.8 Å². The summed E-state index contributed by atoms with van der Waals surface area (Å²) in [4.78, 5) is 11.5. The molecule has 0 aliphatic heterocycles. The van der Waals surface area contributed by atoms with E-state index in [2.05, 4.69) is 0 Å². The molecule has 0 aromatic rings. The largest absolute Gasteiger partial charge is 0.469 e. The molecule has 0 heterocycles. The molecule has 0 aromatic carbocycles. The summed E-state index contributed by atoms with van der Waals surface area (Å²) in [6, 6.07) is 0. The molecule has 0 saturated heterocycles. The van der Waals surface area contributed by atoms with Gasteiger partial charge in [0.2, 0.25) is 0 Å². The zero-order chi connectivity index (χ0) is 13.0. The highest BCUT2D eigenvalue weighted by Crippen LogP contribution is 2.41. The molecule has 2 aliphatic carbocycles. The van der Waals surface area contributed by atoms with Crippen LogP contribution in [0.5, 0.6) is 0 Å². The van der Waals surface area contributed by atoms with Crippen LogP contribution >= 0.6 is 0 Å². The van der Waals surface area contributed by atoms with E-state index in [1.807, 2.05) is 24.3 Å². The number of hydrogen-bond donors (Lipinski definition) is 1. The highest BCUT2D eigenvalue weighted by molar-refractivity contribution is 5.70. The molecule has 2 aliphatic rings. The molecular formula is C15H22O3. The van der Waals surface area contributed by atoms with E-state index >= 15 is 0 Å². The van der Waals surface area contributed by atoms with Crippen LogP contribution in [0.25, 0.3) is 0 Å². The van der Waals surface area contributed by atoms with Gasteiger partial charge >= 0.3 is 5.97 Å². The van der Waals surface area contributed by atoms with Crippen LogP contribution in [-0.4, -0.2) is 23.8 Å². The summed E-state index contributed by atoms with van der Waals surface area (Å²) in [5.74, 6) is -0.144. The molecule has 0 radical (unpaired) electrons. The average Bonchev–Trinajstić information content (AvgIpc) is 2.42. The SMILES string of the molecule is COC(=O)CC1C=CC=CC1(O)C1CCCCC1. The Bertz CT molecular complexity index is 353. The van der Waals surface area contributed by atoms with Gasteiger partial charge < -0.3 is 9.84 Å². The molecule has 2 rings (SSSR count). The van der Waals surface area contributed by atoms with Crippen LogP contribution in [0.15, 0.2) is 24.3 Å². The van der Waals surface area contributed by atoms with E-state index in [-0.39, 0.29) is 24.2 Å². The fraction of sp³-hybridized carbons (Fsp3) is 0.667. The van der Waals surface area contributed by atoms with E-state index < -0.39 is 5.60 Å². The maximum atomic E-state index is 11.5. The summed E-state index contributed by atoms with van der Waals surface area (Å²) >= 11 is 0. The molecule has 0 bridgehead atoms. The van der Waals surface area contributed by atoms with Gasteiger partial charge in [-0.1, -0.05) is 43.6 Å². The van der Waals surface area contributed by atoms with Crippen molar-refractivity contribution in [3.8, 4) is 0 Å². The summed E-state index contributed by atoms with van der Waals surface area (Å²) in [6.45, 7) is 0. The summed E-state index contributed by atoms with van der Waals surface area (Å²) in [5, 5.41) is 11.0. The molecule has 2 atom stereocenters. The molecule has 18 heavy (non-hydrogen) atoms. The number of allylic oxidation sites excluding steroid dienone is 2. The highest BCUT2D eigenvalue weighted by atomic mass is 16.5. The number of esters is 1. The molecule has 3 nitrogen and oxygen atoms in total. The van der Waals surface area contributed by atoms with Crippen molar-refractivity contribution in [2.75, 3.05) is 7.11 Å². The Morgan fingerprint density at radius 1 is 1.33 bits per heavy atom. The van der Waals surface area contributed by atoms with Crippen LogP contribution in [-0.2, 0) is 9.53 Å². The molecule has 100 valence electrons. The Hall–Kier alpha value is -1.09. The van der Waals surface area contributed by atoms with Gasteiger partial charge in [-0.3, -0.25) is 4.79 Å². The molecular weight excluding hydrogens is 228 g/mol. The van der Waals surface area contributed by atoms with Crippen molar-refractivity contribution in [3.05, 3.63) is 24.3 Å². The summed E-state index contributed by atoms with van der Waals surface area (Å²) in [6.07, 6.45) is 13.6. The van der Waals surface area contributed by atoms with Crippen LogP contribution < -0.4 is 0 Å². The third-order valence-electron chi connectivity index (χ3n) is 4.29. The first-order chi connectivity index (χ1) is 8.66. The maximum absolute atomic E-state index is 11.5. The number of aliphatic hydroxyl groups is 1. The fourth-order valence-electron chi connectivity index (χ4n) is 3.18. The second kappa shape index (κ2) is 5.70. The predicted molar refractivity (Wildman–Crippen MR) is 69.9 cm³/mol. The van der Waals surface area contributed by atoms with Crippen LogP contribution in [0.4, 0.5) is 0 Å². The zero-order valence-corrected chi connectivity index (χ0v) is 11.0. The minimum Gasteiger partial charge on any atom is -0.469 e. The normalized spacial score (nSPS) is 32.4. The zero-order valence-electron chi connectivity index (χ0n) is 11.0. The quantitative estimate of drug-likeness (QED) is 0.783. The van der Waals surface area contributed by atoms with Crippen molar-refractivity contribution in [3.63, 3.8) is 0 Å². The predicted octanol–water partition coefficient (Wildman–Crippen LogP) is 2.60.